The highest BCUT2D eigenvalue weighted by atomic mass is 19.1. The number of pyridine rings is 1. The van der Waals surface area contributed by atoms with Gasteiger partial charge in [-0.25, -0.2) is 15.2 Å². The van der Waals surface area contributed by atoms with E-state index in [2.05, 4.69) is 39.6 Å². The summed E-state index contributed by atoms with van der Waals surface area (Å²) in [5.41, 5.74) is 11.9. The predicted molar refractivity (Wildman–Crippen MR) is 119 cm³/mol. The maximum atomic E-state index is 13.5. The van der Waals surface area contributed by atoms with Gasteiger partial charge in [-0.3, -0.25) is 4.99 Å². The summed E-state index contributed by atoms with van der Waals surface area (Å²) in [4.78, 5) is 8.69. The van der Waals surface area contributed by atoms with Crippen molar-refractivity contribution in [3.8, 4) is 30.0 Å². The number of anilines is 2. The molecule has 0 radical (unpaired) electrons. The van der Waals surface area contributed by atoms with Gasteiger partial charge < -0.3 is 16.5 Å². The van der Waals surface area contributed by atoms with Crippen LogP contribution in [-0.2, 0) is 0 Å². The summed E-state index contributed by atoms with van der Waals surface area (Å²) in [5, 5.41) is 12.3. The Hall–Kier alpha value is -4.14. The molecule has 0 fully saturated rings. The molecule has 7 nitrogen and oxygen atoms in total. The molecule has 1 heterocycles. The Bertz CT molecular complexity index is 1060. The number of halogens is 1. The second-order valence-electron chi connectivity index (χ2n) is 6.16. The van der Waals surface area contributed by atoms with E-state index in [1.807, 2.05) is 12.1 Å². The van der Waals surface area contributed by atoms with Crippen LogP contribution in [0.15, 0.2) is 59.5 Å². The number of rotatable bonds is 4. The number of nitrogens with two attached hydrogens (primary N) is 2. The molecule has 0 saturated carbocycles. The lowest BCUT2D eigenvalue weighted by Gasteiger charge is -2.15. The summed E-state index contributed by atoms with van der Waals surface area (Å²) in [7, 11) is 1.76. The summed E-state index contributed by atoms with van der Waals surface area (Å²) in [6.45, 7) is 0. The number of allylic oxidation sites excluding steroid dienone is 2. The Kier molecular flexibility index (Phi) is 7.69. The number of hydrazine groups is 1. The first-order chi connectivity index (χ1) is 14.5. The fourth-order valence-corrected chi connectivity index (χ4v) is 2.92. The summed E-state index contributed by atoms with van der Waals surface area (Å²) in [6.07, 6.45) is 14.7. The van der Waals surface area contributed by atoms with Crippen molar-refractivity contribution in [1.29, 1.82) is 5.26 Å². The smallest absolute Gasteiger partial charge is 0.146 e. The molecular formula is C22H22FN7. The molecule has 1 aromatic carbocycles. The van der Waals surface area contributed by atoms with E-state index in [4.69, 9.17) is 11.6 Å². The van der Waals surface area contributed by atoms with Gasteiger partial charge >= 0.3 is 0 Å². The molecule has 1 aliphatic rings. The standard InChI is InChI=1S/C20H20FN7.C2H2/c1-25-18-6-5-12(7-13(18)10-22)14-8-17(19(23)26-11-14)20(28-24)27-16-4-2-3-15(21)9-16;1-2/h2-3,5-9,11,16,25H,4,24H2,1H3,(H2,23,26)(H,27,28);1-2H. The SMILES string of the molecule is C#C.CNc1ccc(-c2cnc(N)c(C(=NC3C=C(F)C=CC3)NN)c2)cc1C#N. The summed E-state index contributed by atoms with van der Waals surface area (Å²) < 4.78 is 13.5. The van der Waals surface area contributed by atoms with E-state index in [1.165, 1.54) is 12.2 Å². The minimum Gasteiger partial charge on any atom is -0.387 e. The van der Waals surface area contributed by atoms with E-state index in [0.717, 1.165) is 16.8 Å². The third-order valence-corrected chi connectivity index (χ3v) is 4.35. The molecule has 0 saturated heterocycles. The van der Waals surface area contributed by atoms with Crippen molar-refractivity contribution in [2.75, 3.05) is 18.1 Å². The van der Waals surface area contributed by atoms with Crippen LogP contribution in [0.25, 0.3) is 11.1 Å². The maximum absolute atomic E-state index is 13.5. The van der Waals surface area contributed by atoms with Crippen molar-refractivity contribution in [2.24, 2.45) is 10.8 Å². The van der Waals surface area contributed by atoms with Crippen LogP contribution in [-0.4, -0.2) is 23.9 Å². The van der Waals surface area contributed by atoms with E-state index in [9.17, 15) is 9.65 Å². The molecular weight excluding hydrogens is 381 g/mol. The number of nitriles is 1. The monoisotopic (exact) mass is 403 g/mol. The molecule has 3 rings (SSSR count). The molecule has 2 aromatic rings. The van der Waals surface area contributed by atoms with Gasteiger partial charge in [-0.15, -0.1) is 12.8 Å². The lowest BCUT2D eigenvalue weighted by molar-refractivity contribution is 0.638. The number of aliphatic imine (C=N–C) groups is 1. The second-order valence-corrected chi connectivity index (χ2v) is 6.16. The fraction of sp³-hybridized carbons (Fsp3) is 0.136. The van der Waals surface area contributed by atoms with Crippen molar-refractivity contribution in [1.82, 2.24) is 10.4 Å². The van der Waals surface area contributed by atoms with Gasteiger partial charge in [0.1, 0.15) is 23.5 Å². The van der Waals surface area contributed by atoms with Gasteiger partial charge in [-0.05, 0) is 42.3 Å². The third kappa shape index (κ3) is 5.02. The zero-order valence-corrected chi connectivity index (χ0v) is 16.4. The molecule has 1 aromatic heterocycles. The molecule has 6 N–H and O–H groups in total. The number of amidine groups is 1. The quantitative estimate of drug-likeness (QED) is 0.205. The lowest BCUT2D eigenvalue weighted by Crippen LogP contribution is -2.33. The fourth-order valence-electron chi connectivity index (χ4n) is 2.92. The van der Waals surface area contributed by atoms with Crippen molar-refractivity contribution in [3.05, 3.63) is 65.6 Å². The Morgan fingerprint density at radius 3 is 2.73 bits per heavy atom. The zero-order valence-electron chi connectivity index (χ0n) is 16.4. The molecule has 1 atom stereocenters. The average Bonchev–Trinajstić information content (AvgIpc) is 2.79. The molecule has 1 unspecified atom stereocenters. The van der Waals surface area contributed by atoms with Crippen LogP contribution in [0.3, 0.4) is 0 Å². The minimum absolute atomic E-state index is 0.239. The van der Waals surface area contributed by atoms with Crippen molar-refractivity contribution in [2.45, 2.75) is 12.5 Å². The van der Waals surface area contributed by atoms with Gasteiger partial charge in [0, 0.05) is 18.8 Å². The number of hydrogen-bond donors (Lipinski definition) is 4. The molecule has 0 bridgehead atoms. The van der Waals surface area contributed by atoms with Gasteiger partial charge in [-0.2, -0.15) is 5.26 Å². The highest BCUT2D eigenvalue weighted by molar-refractivity contribution is 6.03. The van der Waals surface area contributed by atoms with Crippen LogP contribution >= 0.6 is 0 Å². The summed E-state index contributed by atoms with van der Waals surface area (Å²) >= 11 is 0. The third-order valence-electron chi connectivity index (χ3n) is 4.35. The topological polar surface area (TPSA) is 125 Å². The molecule has 8 heteroatoms. The van der Waals surface area contributed by atoms with E-state index < -0.39 is 0 Å². The van der Waals surface area contributed by atoms with Gasteiger partial charge in [-0.1, -0.05) is 12.1 Å². The molecule has 1 aliphatic carbocycles. The van der Waals surface area contributed by atoms with Crippen molar-refractivity contribution in [3.63, 3.8) is 0 Å². The van der Waals surface area contributed by atoms with Crippen molar-refractivity contribution < 1.29 is 4.39 Å². The number of benzene rings is 1. The highest BCUT2D eigenvalue weighted by Crippen LogP contribution is 2.27. The summed E-state index contributed by atoms with van der Waals surface area (Å²) in [6, 6.07) is 9.02. The van der Waals surface area contributed by atoms with Gasteiger partial charge in [0.15, 0.2) is 0 Å². The Morgan fingerprint density at radius 1 is 1.33 bits per heavy atom. The normalized spacial score (nSPS) is 15.3. The Labute approximate surface area is 175 Å². The van der Waals surface area contributed by atoms with Gasteiger partial charge in [0.2, 0.25) is 0 Å². The second kappa shape index (κ2) is 10.4. The van der Waals surface area contributed by atoms with Crippen LogP contribution in [0, 0.1) is 24.2 Å². The number of aromatic nitrogens is 1. The highest BCUT2D eigenvalue weighted by Gasteiger charge is 2.15. The van der Waals surface area contributed by atoms with Crippen LogP contribution < -0.4 is 22.3 Å². The Morgan fingerprint density at radius 2 is 2.10 bits per heavy atom. The van der Waals surface area contributed by atoms with Crippen LogP contribution in [0.2, 0.25) is 0 Å². The molecule has 0 amide bonds. The first kappa shape index (κ1) is 22.2. The first-order valence-corrected chi connectivity index (χ1v) is 8.95. The maximum Gasteiger partial charge on any atom is 0.146 e. The van der Waals surface area contributed by atoms with Crippen LogP contribution in [0.4, 0.5) is 15.9 Å². The predicted octanol–water partition coefficient (Wildman–Crippen LogP) is 2.89. The summed E-state index contributed by atoms with van der Waals surface area (Å²) in [5.74, 6) is 5.86. The van der Waals surface area contributed by atoms with Crippen LogP contribution in [0.5, 0.6) is 0 Å². The van der Waals surface area contributed by atoms with Crippen LogP contribution in [0.1, 0.15) is 17.5 Å². The van der Waals surface area contributed by atoms with E-state index >= 15 is 0 Å². The van der Waals surface area contributed by atoms with Gasteiger partial charge in [0.05, 0.1) is 22.9 Å². The van der Waals surface area contributed by atoms with E-state index in [1.54, 1.807) is 31.5 Å². The molecule has 0 aliphatic heterocycles. The number of hydrogen-bond acceptors (Lipinski definition) is 6. The van der Waals surface area contributed by atoms with Crippen molar-refractivity contribution >= 4 is 17.3 Å². The Balaban J connectivity index is 0.00000155. The molecule has 0 spiro atoms. The number of nitrogens with one attached hydrogen (secondary N) is 2. The number of nitrogen functional groups attached to an aromatic ring is 1. The van der Waals surface area contributed by atoms with E-state index in [-0.39, 0.29) is 17.7 Å². The number of terminal acetylenes is 1. The van der Waals surface area contributed by atoms with E-state index in [0.29, 0.717) is 23.4 Å². The van der Waals surface area contributed by atoms with Gasteiger partial charge in [0.25, 0.3) is 0 Å². The number of nitrogens with zero attached hydrogens (tertiary/aromatic N) is 3. The first-order valence-electron chi connectivity index (χ1n) is 8.95. The minimum atomic E-state index is -0.390. The molecule has 30 heavy (non-hydrogen) atoms. The lowest BCUT2D eigenvalue weighted by atomic mass is 10.0. The largest absolute Gasteiger partial charge is 0.387 e. The average molecular weight is 403 g/mol. The molecule has 152 valence electrons. The zero-order chi connectivity index (χ0) is 22.1.